The normalized spacial score (nSPS) is 10.6. The third kappa shape index (κ3) is 3.76. The predicted octanol–water partition coefficient (Wildman–Crippen LogP) is 3.80. The van der Waals surface area contributed by atoms with Gasteiger partial charge in [0.05, 0.1) is 7.11 Å². The minimum atomic E-state index is 0.649. The number of methoxy groups -OCH3 is 1. The monoisotopic (exact) mass is 334 g/mol. The van der Waals surface area contributed by atoms with Crippen molar-refractivity contribution >= 4 is 5.82 Å². The van der Waals surface area contributed by atoms with Gasteiger partial charge in [-0.05, 0) is 43.7 Å². The van der Waals surface area contributed by atoms with Crippen molar-refractivity contribution in [3.63, 3.8) is 0 Å². The lowest BCUT2D eigenvalue weighted by Crippen LogP contribution is -2.20. The first-order valence-corrected chi connectivity index (χ1v) is 8.19. The van der Waals surface area contributed by atoms with Crippen LogP contribution in [0.3, 0.4) is 0 Å². The van der Waals surface area contributed by atoms with Gasteiger partial charge in [0, 0.05) is 31.0 Å². The Morgan fingerprint density at radius 2 is 1.88 bits per heavy atom. The minimum absolute atomic E-state index is 0.649. The summed E-state index contributed by atoms with van der Waals surface area (Å²) in [5.74, 6) is 2.42. The maximum Gasteiger partial charge on any atom is 0.180 e. The molecule has 0 N–H and O–H groups in total. The van der Waals surface area contributed by atoms with Crippen LogP contribution in [0.2, 0.25) is 0 Å². The number of hydrogen-bond donors (Lipinski definition) is 0. The second-order valence-electron chi connectivity index (χ2n) is 6.00. The van der Waals surface area contributed by atoms with Crippen LogP contribution in [0, 0.1) is 13.8 Å². The molecule has 2 heterocycles. The van der Waals surface area contributed by atoms with Crippen LogP contribution >= 0.6 is 0 Å². The highest BCUT2D eigenvalue weighted by atomic mass is 16.5. The van der Waals surface area contributed by atoms with E-state index in [0.717, 1.165) is 40.6 Å². The van der Waals surface area contributed by atoms with Gasteiger partial charge >= 0.3 is 0 Å². The molecule has 0 saturated carbocycles. The van der Waals surface area contributed by atoms with Gasteiger partial charge < -0.3 is 9.64 Å². The maximum absolute atomic E-state index is 5.31. The summed E-state index contributed by atoms with van der Waals surface area (Å²) in [7, 11) is 3.72. The number of aryl methyl sites for hydroxylation is 1. The van der Waals surface area contributed by atoms with E-state index in [2.05, 4.69) is 27.9 Å². The highest BCUT2D eigenvalue weighted by molar-refractivity contribution is 5.57. The molecule has 0 spiro atoms. The lowest BCUT2D eigenvalue weighted by Gasteiger charge is -2.22. The molecule has 25 heavy (non-hydrogen) atoms. The summed E-state index contributed by atoms with van der Waals surface area (Å²) >= 11 is 0. The van der Waals surface area contributed by atoms with Gasteiger partial charge in [-0.1, -0.05) is 18.2 Å². The zero-order valence-electron chi connectivity index (χ0n) is 15.0. The number of anilines is 1. The zero-order valence-corrected chi connectivity index (χ0v) is 15.0. The summed E-state index contributed by atoms with van der Waals surface area (Å²) in [6.45, 7) is 4.79. The van der Waals surface area contributed by atoms with Crippen molar-refractivity contribution in [1.29, 1.82) is 0 Å². The summed E-state index contributed by atoms with van der Waals surface area (Å²) in [5.41, 5.74) is 3.98. The number of rotatable bonds is 5. The fraction of sp³-hybridized carbons (Fsp3) is 0.250. The Balaban J connectivity index is 1.93. The van der Waals surface area contributed by atoms with Crippen molar-refractivity contribution in [2.75, 3.05) is 19.1 Å². The van der Waals surface area contributed by atoms with Crippen LogP contribution in [0.5, 0.6) is 5.75 Å². The minimum Gasteiger partial charge on any atom is -0.497 e. The third-order valence-corrected chi connectivity index (χ3v) is 4.17. The number of hydrogen-bond acceptors (Lipinski definition) is 5. The Kier molecular flexibility index (Phi) is 4.93. The third-order valence-electron chi connectivity index (χ3n) is 4.17. The maximum atomic E-state index is 5.31. The zero-order chi connectivity index (χ0) is 17.8. The van der Waals surface area contributed by atoms with Crippen molar-refractivity contribution in [3.05, 3.63) is 65.5 Å². The topological polar surface area (TPSA) is 51.1 Å². The standard InChI is InChI=1S/C20H22N4O/c1-14-15(2)22-19(18-10-5-6-11-21-18)23-20(14)24(3)13-16-8-7-9-17(12-16)25-4/h5-12H,13H2,1-4H3. The van der Waals surface area contributed by atoms with Crippen molar-refractivity contribution in [3.8, 4) is 17.3 Å². The number of ether oxygens (including phenoxy) is 1. The van der Waals surface area contributed by atoms with Crippen molar-refractivity contribution in [2.45, 2.75) is 20.4 Å². The average Bonchev–Trinajstić information content (AvgIpc) is 2.64. The van der Waals surface area contributed by atoms with E-state index in [1.807, 2.05) is 50.4 Å². The van der Waals surface area contributed by atoms with Gasteiger partial charge in [0.15, 0.2) is 5.82 Å². The fourth-order valence-electron chi connectivity index (χ4n) is 2.71. The highest BCUT2D eigenvalue weighted by Crippen LogP contribution is 2.24. The van der Waals surface area contributed by atoms with Crippen molar-refractivity contribution < 1.29 is 4.74 Å². The van der Waals surface area contributed by atoms with Crippen LogP contribution < -0.4 is 9.64 Å². The second-order valence-corrected chi connectivity index (χ2v) is 6.00. The Bertz CT molecular complexity index is 865. The molecule has 0 amide bonds. The van der Waals surface area contributed by atoms with Gasteiger partial charge in [-0.2, -0.15) is 0 Å². The van der Waals surface area contributed by atoms with E-state index in [4.69, 9.17) is 9.72 Å². The van der Waals surface area contributed by atoms with E-state index >= 15 is 0 Å². The fourth-order valence-corrected chi connectivity index (χ4v) is 2.71. The van der Waals surface area contributed by atoms with E-state index in [-0.39, 0.29) is 0 Å². The highest BCUT2D eigenvalue weighted by Gasteiger charge is 2.14. The predicted molar refractivity (Wildman–Crippen MR) is 99.8 cm³/mol. The number of nitrogens with zero attached hydrogens (tertiary/aromatic N) is 4. The van der Waals surface area contributed by atoms with Gasteiger partial charge in [0.1, 0.15) is 17.3 Å². The largest absolute Gasteiger partial charge is 0.497 e. The van der Waals surface area contributed by atoms with Crippen LogP contribution in [0.1, 0.15) is 16.8 Å². The summed E-state index contributed by atoms with van der Waals surface area (Å²) in [5, 5.41) is 0. The first-order chi connectivity index (χ1) is 12.1. The SMILES string of the molecule is COc1cccc(CN(C)c2nc(-c3ccccn3)nc(C)c2C)c1. The lowest BCUT2D eigenvalue weighted by molar-refractivity contribution is 0.414. The first-order valence-electron chi connectivity index (χ1n) is 8.19. The lowest BCUT2D eigenvalue weighted by atomic mass is 10.2. The first kappa shape index (κ1) is 16.9. The smallest absolute Gasteiger partial charge is 0.180 e. The quantitative estimate of drug-likeness (QED) is 0.710. The van der Waals surface area contributed by atoms with E-state index in [9.17, 15) is 0 Å². The van der Waals surface area contributed by atoms with Crippen LogP contribution in [0.25, 0.3) is 11.5 Å². The Hall–Kier alpha value is -2.95. The van der Waals surface area contributed by atoms with Gasteiger partial charge in [-0.25, -0.2) is 9.97 Å². The van der Waals surface area contributed by atoms with E-state index in [1.165, 1.54) is 0 Å². The van der Waals surface area contributed by atoms with Crippen LogP contribution in [-0.4, -0.2) is 29.1 Å². The molecule has 5 nitrogen and oxygen atoms in total. The molecule has 0 radical (unpaired) electrons. The summed E-state index contributed by atoms with van der Waals surface area (Å²) in [6, 6.07) is 13.8. The molecule has 5 heteroatoms. The molecule has 0 fully saturated rings. The van der Waals surface area contributed by atoms with Crippen molar-refractivity contribution in [1.82, 2.24) is 15.0 Å². The molecule has 0 aliphatic heterocycles. The number of pyridine rings is 1. The Morgan fingerprint density at radius 3 is 2.60 bits per heavy atom. The van der Waals surface area contributed by atoms with Crippen molar-refractivity contribution in [2.24, 2.45) is 0 Å². The molecule has 0 atom stereocenters. The summed E-state index contributed by atoms with van der Waals surface area (Å²) < 4.78 is 5.31. The molecule has 2 aromatic heterocycles. The molecule has 0 aliphatic rings. The molecular weight excluding hydrogens is 312 g/mol. The molecule has 1 aromatic carbocycles. The number of aromatic nitrogens is 3. The van der Waals surface area contributed by atoms with Gasteiger partial charge in [0.2, 0.25) is 0 Å². The summed E-state index contributed by atoms with van der Waals surface area (Å²) in [6.07, 6.45) is 1.76. The van der Waals surface area contributed by atoms with Gasteiger partial charge in [0.25, 0.3) is 0 Å². The summed E-state index contributed by atoms with van der Waals surface area (Å²) in [4.78, 5) is 15.9. The van der Waals surface area contributed by atoms with E-state index < -0.39 is 0 Å². The Labute approximate surface area is 148 Å². The van der Waals surface area contributed by atoms with Crippen LogP contribution in [-0.2, 0) is 6.54 Å². The molecule has 128 valence electrons. The number of benzene rings is 1. The van der Waals surface area contributed by atoms with E-state index in [1.54, 1.807) is 13.3 Å². The second kappa shape index (κ2) is 7.30. The Morgan fingerprint density at radius 1 is 1.04 bits per heavy atom. The van der Waals surface area contributed by atoms with E-state index in [0.29, 0.717) is 5.82 Å². The molecule has 0 saturated heterocycles. The molecular formula is C20H22N4O. The van der Waals surface area contributed by atoms with Crippen LogP contribution in [0.4, 0.5) is 5.82 Å². The molecule has 0 unspecified atom stereocenters. The molecule has 3 aromatic rings. The van der Waals surface area contributed by atoms with Crippen LogP contribution in [0.15, 0.2) is 48.7 Å². The van der Waals surface area contributed by atoms with Gasteiger partial charge in [-0.15, -0.1) is 0 Å². The molecule has 0 aliphatic carbocycles. The average molecular weight is 334 g/mol. The molecule has 3 rings (SSSR count). The molecule has 0 bridgehead atoms. The van der Waals surface area contributed by atoms with Gasteiger partial charge in [-0.3, -0.25) is 4.98 Å².